The van der Waals surface area contributed by atoms with Gasteiger partial charge in [0.2, 0.25) is 5.91 Å². The molecule has 2 fully saturated rings. The van der Waals surface area contributed by atoms with Crippen molar-refractivity contribution >= 4 is 11.8 Å². The summed E-state index contributed by atoms with van der Waals surface area (Å²) in [7, 11) is 0. The summed E-state index contributed by atoms with van der Waals surface area (Å²) in [5, 5.41) is 14.5. The SMILES string of the molecule is O=C(CC1CCN(C(=O)c2nn(-c3ccccc3)cc2O)CC1)N1CCCC1. The summed E-state index contributed by atoms with van der Waals surface area (Å²) >= 11 is 0. The van der Waals surface area contributed by atoms with Crippen LogP contribution in [0.3, 0.4) is 0 Å². The second-order valence-electron chi connectivity index (χ2n) is 7.67. The van der Waals surface area contributed by atoms with Gasteiger partial charge in [0.25, 0.3) is 5.91 Å². The second kappa shape index (κ2) is 8.04. The van der Waals surface area contributed by atoms with Crippen LogP contribution < -0.4 is 0 Å². The van der Waals surface area contributed by atoms with E-state index in [0.717, 1.165) is 44.5 Å². The molecule has 7 nitrogen and oxygen atoms in total. The van der Waals surface area contributed by atoms with E-state index in [1.54, 1.807) is 4.90 Å². The third-order valence-corrected chi connectivity index (χ3v) is 5.74. The fraction of sp³-hybridized carbons (Fsp3) is 0.476. The Bertz CT molecular complexity index is 835. The minimum absolute atomic E-state index is 0.0791. The van der Waals surface area contributed by atoms with Crippen LogP contribution in [-0.2, 0) is 4.79 Å². The van der Waals surface area contributed by atoms with Crippen LogP contribution in [0, 0.1) is 5.92 Å². The highest BCUT2D eigenvalue weighted by Gasteiger charge is 2.29. The first-order valence-corrected chi connectivity index (χ1v) is 10.0. The molecule has 0 atom stereocenters. The van der Waals surface area contributed by atoms with Gasteiger partial charge >= 0.3 is 0 Å². The average Bonchev–Trinajstić information content (AvgIpc) is 3.39. The van der Waals surface area contributed by atoms with Gasteiger partial charge in [0.05, 0.1) is 11.9 Å². The molecule has 1 aromatic carbocycles. The number of aromatic nitrogens is 2. The van der Waals surface area contributed by atoms with Crippen molar-refractivity contribution in [3.63, 3.8) is 0 Å². The first-order valence-electron chi connectivity index (χ1n) is 10.0. The van der Waals surface area contributed by atoms with E-state index in [4.69, 9.17) is 0 Å². The van der Waals surface area contributed by atoms with E-state index >= 15 is 0 Å². The summed E-state index contributed by atoms with van der Waals surface area (Å²) in [5.41, 5.74) is 0.867. The molecule has 0 unspecified atom stereocenters. The Morgan fingerprint density at radius 1 is 1.00 bits per heavy atom. The zero-order valence-electron chi connectivity index (χ0n) is 16.0. The maximum atomic E-state index is 12.8. The van der Waals surface area contributed by atoms with Crippen LogP contribution in [0.1, 0.15) is 42.6 Å². The predicted octanol–water partition coefficient (Wildman–Crippen LogP) is 2.44. The summed E-state index contributed by atoms with van der Waals surface area (Å²) < 4.78 is 1.52. The third-order valence-electron chi connectivity index (χ3n) is 5.74. The number of carbonyl (C=O) groups is 2. The number of nitrogens with zero attached hydrogens (tertiary/aromatic N) is 4. The van der Waals surface area contributed by atoms with Crippen molar-refractivity contribution in [3.8, 4) is 11.4 Å². The molecular weight excluding hydrogens is 356 g/mol. The molecule has 2 aromatic rings. The van der Waals surface area contributed by atoms with Crippen molar-refractivity contribution in [2.45, 2.75) is 32.1 Å². The van der Waals surface area contributed by atoms with Gasteiger partial charge in [-0.3, -0.25) is 9.59 Å². The Kier molecular flexibility index (Phi) is 5.32. The van der Waals surface area contributed by atoms with Gasteiger partial charge in [-0.2, -0.15) is 5.10 Å². The highest BCUT2D eigenvalue weighted by Crippen LogP contribution is 2.26. The lowest BCUT2D eigenvalue weighted by molar-refractivity contribution is -0.131. The van der Waals surface area contributed by atoms with E-state index in [2.05, 4.69) is 5.10 Å². The molecule has 1 aromatic heterocycles. The number of rotatable bonds is 4. The van der Waals surface area contributed by atoms with Crippen molar-refractivity contribution in [2.24, 2.45) is 5.92 Å². The van der Waals surface area contributed by atoms with Crippen molar-refractivity contribution in [1.29, 1.82) is 0 Å². The first-order chi connectivity index (χ1) is 13.6. The van der Waals surface area contributed by atoms with E-state index in [9.17, 15) is 14.7 Å². The predicted molar refractivity (Wildman–Crippen MR) is 104 cm³/mol. The number of hydrogen-bond donors (Lipinski definition) is 1. The lowest BCUT2D eigenvalue weighted by Gasteiger charge is -2.32. The van der Waals surface area contributed by atoms with E-state index in [1.165, 1.54) is 10.9 Å². The molecule has 0 radical (unpaired) electrons. The molecule has 28 heavy (non-hydrogen) atoms. The van der Waals surface area contributed by atoms with Crippen LogP contribution in [0.2, 0.25) is 0 Å². The normalized spacial score (nSPS) is 17.9. The summed E-state index contributed by atoms with van der Waals surface area (Å²) in [6.45, 7) is 2.96. The van der Waals surface area contributed by atoms with Crippen molar-refractivity contribution in [1.82, 2.24) is 19.6 Å². The molecule has 0 spiro atoms. The molecule has 7 heteroatoms. The lowest BCUT2D eigenvalue weighted by Crippen LogP contribution is -2.40. The highest BCUT2D eigenvalue weighted by molar-refractivity contribution is 5.95. The Balaban J connectivity index is 1.35. The van der Waals surface area contributed by atoms with Gasteiger partial charge in [-0.25, -0.2) is 4.68 Å². The zero-order chi connectivity index (χ0) is 19.5. The minimum atomic E-state index is -0.253. The standard InChI is InChI=1S/C21H26N4O3/c26-18-15-25(17-6-2-1-3-7-17)22-20(18)21(28)24-12-8-16(9-13-24)14-19(27)23-10-4-5-11-23/h1-3,6-7,15-16,26H,4-5,8-14H2. The Morgan fingerprint density at radius 2 is 1.68 bits per heavy atom. The summed E-state index contributed by atoms with van der Waals surface area (Å²) in [6.07, 6.45) is 5.88. The van der Waals surface area contributed by atoms with E-state index in [0.29, 0.717) is 25.4 Å². The number of benzene rings is 1. The van der Waals surface area contributed by atoms with Crippen molar-refractivity contribution in [2.75, 3.05) is 26.2 Å². The van der Waals surface area contributed by atoms with Gasteiger partial charge in [0.1, 0.15) is 0 Å². The fourth-order valence-electron chi connectivity index (χ4n) is 4.06. The number of carbonyl (C=O) groups excluding carboxylic acids is 2. The third kappa shape index (κ3) is 3.88. The van der Waals surface area contributed by atoms with Crippen LogP contribution in [0.25, 0.3) is 5.69 Å². The van der Waals surface area contributed by atoms with Crippen LogP contribution in [0.5, 0.6) is 5.75 Å². The monoisotopic (exact) mass is 382 g/mol. The Hall–Kier alpha value is -2.83. The van der Waals surface area contributed by atoms with Crippen molar-refractivity contribution < 1.29 is 14.7 Å². The number of hydrogen-bond acceptors (Lipinski definition) is 4. The van der Waals surface area contributed by atoms with Gasteiger partial charge in [-0.15, -0.1) is 0 Å². The first kappa shape index (κ1) is 18.5. The molecule has 0 saturated carbocycles. The molecule has 0 bridgehead atoms. The molecule has 1 N–H and O–H groups in total. The van der Waals surface area contributed by atoms with Crippen LogP contribution in [-0.4, -0.2) is 62.7 Å². The fourth-order valence-corrected chi connectivity index (χ4v) is 4.06. The average molecular weight is 382 g/mol. The zero-order valence-corrected chi connectivity index (χ0v) is 16.0. The van der Waals surface area contributed by atoms with E-state index < -0.39 is 0 Å². The maximum absolute atomic E-state index is 12.8. The second-order valence-corrected chi connectivity index (χ2v) is 7.67. The maximum Gasteiger partial charge on any atom is 0.278 e. The Morgan fingerprint density at radius 3 is 2.36 bits per heavy atom. The number of likely N-dealkylation sites (tertiary alicyclic amines) is 2. The van der Waals surface area contributed by atoms with Crippen LogP contribution in [0.15, 0.2) is 36.5 Å². The summed E-state index contributed by atoms with van der Waals surface area (Å²) in [4.78, 5) is 28.8. The smallest absolute Gasteiger partial charge is 0.278 e. The highest BCUT2D eigenvalue weighted by atomic mass is 16.3. The lowest BCUT2D eigenvalue weighted by atomic mass is 9.93. The van der Waals surface area contributed by atoms with Crippen LogP contribution in [0.4, 0.5) is 0 Å². The van der Waals surface area contributed by atoms with E-state index in [-0.39, 0.29) is 23.3 Å². The minimum Gasteiger partial charge on any atom is -0.504 e. The number of aromatic hydroxyl groups is 1. The molecule has 0 aliphatic carbocycles. The van der Waals surface area contributed by atoms with Gasteiger partial charge < -0.3 is 14.9 Å². The van der Waals surface area contributed by atoms with Gasteiger partial charge in [0.15, 0.2) is 11.4 Å². The molecule has 2 saturated heterocycles. The van der Waals surface area contributed by atoms with Gasteiger partial charge in [-0.1, -0.05) is 18.2 Å². The molecule has 2 amide bonds. The van der Waals surface area contributed by atoms with Gasteiger partial charge in [0, 0.05) is 32.6 Å². The topological polar surface area (TPSA) is 78.7 Å². The van der Waals surface area contributed by atoms with Crippen LogP contribution >= 0.6 is 0 Å². The summed E-state index contributed by atoms with van der Waals surface area (Å²) in [6, 6.07) is 9.39. The van der Waals surface area contributed by atoms with Gasteiger partial charge in [-0.05, 0) is 43.7 Å². The van der Waals surface area contributed by atoms with E-state index in [1.807, 2.05) is 35.2 Å². The largest absolute Gasteiger partial charge is 0.504 e. The number of amides is 2. The molecule has 2 aliphatic heterocycles. The molecule has 2 aliphatic rings. The molecular formula is C21H26N4O3. The number of para-hydroxylation sites is 1. The van der Waals surface area contributed by atoms with Crippen molar-refractivity contribution in [3.05, 3.63) is 42.2 Å². The molecule has 3 heterocycles. The molecule has 4 rings (SSSR count). The summed E-state index contributed by atoms with van der Waals surface area (Å²) in [5.74, 6) is 0.214. The number of piperidine rings is 1. The quantitative estimate of drug-likeness (QED) is 0.881. The Labute approximate surface area is 164 Å². The molecule has 148 valence electrons.